The maximum atomic E-state index is 15.5. The molecule has 0 aliphatic carbocycles. The van der Waals surface area contributed by atoms with Crippen molar-refractivity contribution in [2.75, 3.05) is 18.8 Å². The summed E-state index contributed by atoms with van der Waals surface area (Å²) in [5, 5.41) is -0.620. The fourth-order valence-electron chi connectivity index (χ4n) is 2.92. The molecule has 10 heteroatoms. The zero-order valence-electron chi connectivity index (χ0n) is 15.1. The van der Waals surface area contributed by atoms with Crippen LogP contribution in [0.3, 0.4) is 0 Å². The van der Waals surface area contributed by atoms with Crippen molar-refractivity contribution >= 4 is 49.2 Å². The normalized spacial score (nSPS) is 20.9. The smallest absolute Gasteiger partial charge is 0.304 e. The van der Waals surface area contributed by atoms with Crippen molar-refractivity contribution in [1.82, 2.24) is 10.2 Å². The zero-order valence-corrected chi connectivity index (χ0v) is 18.2. The molecule has 0 aromatic heterocycles. The lowest BCUT2D eigenvalue weighted by molar-refractivity contribution is -0.129. The number of nitrogens with one attached hydrogen (secondary N) is 1. The molecule has 3 rings (SSSR count). The van der Waals surface area contributed by atoms with Crippen LogP contribution in [-0.4, -0.2) is 49.0 Å². The van der Waals surface area contributed by atoms with E-state index in [1.54, 1.807) is 36.4 Å². The van der Waals surface area contributed by atoms with Crippen LogP contribution in [0.5, 0.6) is 0 Å². The standard InChI is InChI=1S/C19H17BrClFN2O4S/c20-15-7-6-14(10-16(15)21)17(25)24-8-9-29(27,28)19(22,12-24)18(26)23-11-13-4-2-1-3-5-13/h1-7,10H,8-9,11-12H2,(H,23,26)/t19-/m0/s1. The Kier molecular flexibility index (Phi) is 6.30. The number of carbonyl (C=O) groups is 2. The molecule has 1 N–H and O–H groups in total. The van der Waals surface area contributed by atoms with Crippen LogP contribution >= 0.6 is 27.5 Å². The van der Waals surface area contributed by atoms with Gasteiger partial charge >= 0.3 is 5.00 Å². The zero-order chi connectivity index (χ0) is 21.2. The van der Waals surface area contributed by atoms with Gasteiger partial charge in [0.25, 0.3) is 11.8 Å². The van der Waals surface area contributed by atoms with Gasteiger partial charge < -0.3 is 10.2 Å². The van der Waals surface area contributed by atoms with Crippen molar-refractivity contribution in [2.24, 2.45) is 0 Å². The minimum Gasteiger partial charge on any atom is -0.348 e. The van der Waals surface area contributed by atoms with Crippen LogP contribution in [0.15, 0.2) is 53.0 Å². The molecule has 2 aromatic rings. The van der Waals surface area contributed by atoms with Crippen LogP contribution < -0.4 is 5.32 Å². The summed E-state index contributed by atoms with van der Waals surface area (Å²) in [5.41, 5.74) is 0.861. The number of amides is 2. The predicted octanol–water partition coefficient (Wildman–Crippen LogP) is 2.96. The first-order chi connectivity index (χ1) is 13.6. The molecule has 0 saturated carbocycles. The summed E-state index contributed by atoms with van der Waals surface area (Å²) in [6.07, 6.45) is 0. The average molecular weight is 504 g/mol. The highest BCUT2D eigenvalue weighted by molar-refractivity contribution is 9.10. The van der Waals surface area contributed by atoms with Crippen LogP contribution in [0.2, 0.25) is 5.02 Å². The highest BCUT2D eigenvalue weighted by atomic mass is 79.9. The molecule has 1 aliphatic rings. The largest absolute Gasteiger partial charge is 0.348 e. The van der Waals surface area contributed by atoms with Crippen molar-refractivity contribution in [2.45, 2.75) is 11.5 Å². The summed E-state index contributed by atoms with van der Waals surface area (Å²) in [6, 6.07) is 13.1. The Balaban J connectivity index is 1.79. The fourth-order valence-corrected chi connectivity index (χ4v) is 4.84. The molecular formula is C19H17BrClFN2O4S. The Bertz CT molecular complexity index is 1050. The molecule has 1 saturated heterocycles. The van der Waals surface area contributed by atoms with E-state index in [1.807, 2.05) is 0 Å². The Morgan fingerprint density at radius 1 is 1.21 bits per heavy atom. The van der Waals surface area contributed by atoms with Gasteiger partial charge in [-0.3, -0.25) is 9.59 Å². The van der Waals surface area contributed by atoms with Crippen LogP contribution in [0.4, 0.5) is 4.39 Å². The molecule has 2 aromatic carbocycles. The average Bonchev–Trinajstić information content (AvgIpc) is 2.70. The summed E-state index contributed by atoms with van der Waals surface area (Å²) in [7, 11) is -4.40. The molecule has 1 fully saturated rings. The molecule has 6 nitrogen and oxygen atoms in total. The Morgan fingerprint density at radius 3 is 2.55 bits per heavy atom. The summed E-state index contributed by atoms with van der Waals surface area (Å²) < 4.78 is 40.8. The van der Waals surface area contributed by atoms with Gasteiger partial charge in [0.2, 0.25) is 0 Å². The van der Waals surface area contributed by atoms with Gasteiger partial charge in [-0.2, -0.15) is 0 Å². The van der Waals surface area contributed by atoms with Crippen molar-refractivity contribution in [3.05, 3.63) is 69.2 Å². The van der Waals surface area contributed by atoms with E-state index in [0.29, 0.717) is 10.0 Å². The van der Waals surface area contributed by atoms with Crippen LogP contribution in [0.25, 0.3) is 0 Å². The fraction of sp³-hybridized carbons (Fsp3) is 0.263. The van der Waals surface area contributed by atoms with E-state index in [4.69, 9.17) is 11.6 Å². The minimum absolute atomic E-state index is 0.0306. The SMILES string of the molecule is O=C(c1ccc(Br)c(Cl)c1)N1CCS(=O)(=O)[C@](F)(C(=O)NCc2ccccc2)C1. The Morgan fingerprint density at radius 2 is 1.90 bits per heavy atom. The number of hydrogen-bond donors (Lipinski definition) is 1. The number of nitrogens with zero attached hydrogens (tertiary/aromatic N) is 1. The van der Waals surface area contributed by atoms with Gasteiger partial charge in [-0.1, -0.05) is 41.9 Å². The van der Waals surface area contributed by atoms with Crippen LogP contribution in [0.1, 0.15) is 15.9 Å². The van der Waals surface area contributed by atoms with Crippen molar-refractivity contribution in [1.29, 1.82) is 0 Å². The van der Waals surface area contributed by atoms with E-state index < -0.39 is 39.0 Å². The van der Waals surface area contributed by atoms with E-state index in [-0.39, 0.29) is 23.7 Å². The highest BCUT2D eigenvalue weighted by Gasteiger charge is 2.55. The van der Waals surface area contributed by atoms with Crippen molar-refractivity contribution < 1.29 is 22.4 Å². The number of benzene rings is 2. The molecule has 1 aliphatic heterocycles. The monoisotopic (exact) mass is 502 g/mol. The second-order valence-electron chi connectivity index (χ2n) is 6.57. The second-order valence-corrected chi connectivity index (χ2v) is 10.1. The summed E-state index contributed by atoms with van der Waals surface area (Å²) >= 11 is 9.21. The van der Waals surface area contributed by atoms with Gasteiger partial charge in [0.1, 0.15) is 0 Å². The van der Waals surface area contributed by atoms with Gasteiger partial charge in [-0.05, 0) is 39.7 Å². The molecule has 1 atom stereocenters. The maximum Gasteiger partial charge on any atom is 0.304 e. The Hall–Kier alpha value is -1.97. The number of hydrogen-bond acceptors (Lipinski definition) is 4. The number of rotatable bonds is 4. The van der Waals surface area contributed by atoms with Crippen molar-refractivity contribution in [3.8, 4) is 0 Å². The predicted molar refractivity (Wildman–Crippen MR) is 111 cm³/mol. The second kappa shape index (κ2) is 8.41. The topological polar surface area (TPSA) is 83.6 Å². The molecule has 0 spiro atoms. The van der Waals surface area contributed by atoms with Gasteiger partial charge in [0, 0.05) is 23.1 Å². The first-order valence-electron chi connectivity index (χ1n) is 8.62. The molecule has 154 valence electrons. The summed E-state index contributed by atoms with van der Waals surface area (Å²) in [4.78, 5) is 26.2. The highest BCUT2D eigenvalue weighted by Crippen LogP contribution is 2.29. The number of halogens is 3. The molecule has 29 heavy (non-hydrogen) atoms. The third-order valence-electron chi connectivity index (χ3n) is 4.61. The molecule has 0 bridgehead atoms. The molecule has 0 radical (unpaired) electrons. The molecule has 2 amide bonds. The third-order valence-corrected chi connectivity index (χ3v) is 7.86. The Labute approximate surface area is 181 Å². The quantitative estimate of drug-likeness (QED) is 0.695. The van der Waals surface area contributed by atoms with E-state index >= 15 is 4.39 Å². The number of sulfone groups is 1. The first-order valence-corrected chi connectivity index (χ1v) is 11.4. The van der Waals surface area contributed by atoms with Gasteiger partial charge in [0.15, 0.2) is 9.84 Å². The number of carbonyl (C=O) groups excluding carboxylic acids is 2. The van der Waals surface area contributed by atoms with Gasteiger partial charge in [-0.25, -0.2) is 12.8 Å². The van der Waals surface area contributed by atoms with E-state index in [0.717, 1.165) is 4.90 Å². The number of alkyl halides is 1. The van der Waals surface area contributed by atoms with E-state index in [9.17, 15) is 18.0 Å². The van der Waals surface area contributed by atoms with Crippen molar-refractivity contribution in [3.63, 3.8) is 0 Å². The van der Waals surface area contributed by atoms with Gasteiger partial charge in [-0.15, -0.1) is 0 Å². The lowest BCUT2D eigenvalue weighted by Gasteiger charge is -2.36. The molecular weight excluding hydrogens is 487 g/mol. The lowest BCUT2D eigenvalue weighted by atomic mass is 10.1. The summed E-state index contributed by atoms with van der Waals surface area (Å²) in [6.45, 7) is -1.13. The van der Waals surface area contributed by atoms with Crippen LogP contribution in [-0.2, 0) is 21.2 Å². The molecule has 0 unspecified atom stereocenters. The van der Waals surface area contributed by atoms with E-state index in [2.05, 4.69) is 21.2 Å². The van der Waals surface area contributed by atoms with Crippen LogP contribution in [0, 0.1) is 0 Å². The molecule has 1 heterocycles. The minimum atomic E-state index is -4.40. The van der Waals surface area contributed by atoms with Gasteiger partial charge in [0.05, 0.1) is 17.3 Å². The maximum absolute atomic E-state index is 15.5. The first kappa shape index (κ1) is 21.7. The third kappa shape index (κ3) is 4.46. The van der Waals surface area contributed by atoms with E-state index in [1.165, 1.54) is 12.1 Å². The summed E-state index contributed by atoms with van der Waals surface area (Å²) in [5.74, 6) is -2.54. The lowest BCUT2D eigenvalue weighted by Crippen LogP contribution is -2.62.